The largest absolute Gasteiger partial charge is 0.352 e. The van der Waals surface area contributed by atoms with Crippen LogP contribution in [-0.2, 0) is 12.8 Å². The van der Waals surface area contributed by atoms with Crippen LogP contribution < -0.4 is 10.2 Å². The Morgan fingerprint density at radius 1 is 1.04 bits per heavy atom. The Morgan fingerprint density at radius 3 is 2.57 bits per heavy atom. The number of rotatable bonds is 4. The Hall–Kier alpha value is -2.29. The molecule has 0 saturated heterocycles. The molecular weight excluding hydrogens is 284 g/mol. The van der Waals surface area contributed by atoms with E-state index in [1.54, 1.807) is 0 Å². The van der Waals surface area contributed by atoms with Gasteiger partial charge in [-0.15, -0.1) is 0 Å². The van der Waals surface area contributed by atoms with Gasteiger partial charge in [0.15, 0.2) is 0 Å². The smallest absolute Gasteiger partial charge is 0.251 e. The van der Waals surface area contributed by atoms with Crippen molar-refractivity contribution in [3.8, 4) is 0 Å². The Balaban J connectivity index is 1.97. The number of benzene rings is 2. The Kier molecular flexibility index (Phi) is 4.65. The fourth-order valence-electron chi connectivity index (χ4n) is 3.26. The van der Waals surface area contributed by atoms with Crippen molar-refractivity contribution >= 4 is 17.3 Å². The summed E-state index contributed by atoms with van der Waals surface area (Å²) >= 11 is 0. The molecule has 0 aromatic heterocycles. The second-order valence-corrected chi connectivity index (χ2v) is 5.97. The van der Waals surface area contributed by atoms with Gasteiger partial charge in [0, 0.05) is 30.0 Å². The molecule has 3 heteroatoms. The molecule has 1 heterocycles. The van der Waals surface area contributed by atoms with E-state index >= 15 is 0 Å². The van der Waals surface area contributed by atoms with Gasteiger partial charge in [-0.3, -0.25) is 4.79 Å². The van der Waals surface area contributed by atoms with E-state index in [-0.39, 0.29) is 5.91 Å². The second-order valence-electron chi connectivity index (χ2n) is 5.97. The number of amides is 1. The maximum absolute atomic E-state index is 12.2. The van der Waals surface area contributed by atoms with Gasteiger partial charge in [-0.25, -0.2) is 0 Å². The summed E-state index contributed by atoms with van der Waals surface area (Å²) in [5.41, 5.74) is 5.91. The minimum absolute atomic E-state index is 0.0273. The molecule has 0 bridgehead atoms. The lowest BCUT2D eigenvalue weighted by molar-refractivity contribution is 0.0953. The lowest BCUT2D eigenvalue weighted by atomic mass is 10.0. The molecular formula is C20H24N2O. The summed E-state index contributed by atoms with van der Waals surface area (Å²) < 4.78 is 0. The summed E-state index contributed by atoms with van der Waals surface area (Å²) in [5.74, 6) is 0.0273. The van der Waals surface area contributed by atoms with E-state index in [1.807, 2.05) is 6.07 Å². The molecule has 0 unspecified atom stereocenters. The molecule has 0 aliphatic carbocycles. The van der Waals surface area contributed by atoms with Crippen LogP contribution in [0.5, 0.6) is 0 Å². The zero-order valence-corrected chi connectivity index (χ0v) is 13.9. The maximum Gasteiger partial charge on any atom is 0.251 e. The number of hydrogen-bond donors (Lipinski definition) is 1. The van der Waals surface area contributed by atoms with Crippen LogP contribution in [0.25, 0.3) is 0 Å². The van der Waals surface area contributed by atoms with Gasteiger partial charge in [0.1, 0.15) is 0 Å². The summed E-state index contributed by atoms with van der Waals surface area (Å²) in [6, 6.07) is 14.7. The van der Waals surface area contributed by atoms with Crippen LogP contribution in [0.4, 0.5) is 11.4 Å². The van der Waals surface area contributed by atoms with Crippen molar-refractivity contribution in [2.24, 2.45) is 0 Å². The highest BCUT2D eigenvalue weighted by Gasteiger charge is 2.20. The van der Waals surface area contributed by atoms with Crippen LogP contribution in [0, 0.1) is 0 Å². The Labute approximate surface area is 138 Å². The average Bonchev–Trinajstić information content (AvgIpc) is 2.75. The topological polar surface area (TPSA) is 32.3 Å². The quantitative estimate of drug-likeness (QED) is 0.923. The highest BCUT2D eigenvalue weighted by atomic mass is 16.1. The number of aryl methyl sites for hydroxylation is 2. The molecule has 120 valence electrons. The van der Waals surface area contributed by atoms with E-state index in [9.17, 15) is 4.79 Å². The van der Waals surface area contributed by atoms with E-state index in [4.69, 9.17) is 0 Å². The fourth-order valence-corrected chi connectivity index (χ4v) is 3.26. The van der Waals surface area contributed by atoms with Crippen molar-refractivity contribution in [2.45, 2.75) is 33.1 Å². The lowest BCUT2D eigenvalue weighted by Gasteiger charge is -2.25. The zero-order chi connectivity index (χ0) is 16.2. The molecule has 0 fully saturated rings. The number of fused-ring (bicyclic) bond motifs is 2. The van der Waals surface area contributed by atoms with Crippen LogP contribution >= 0.6 is 0 Å². The molecule has 0 radical (unpaired) electrons. The van der Waals surface area contributed by atoms with Crippen LogP contribution in [-0.4, -0.2) is 19.0 Å². The number of para-hydroxylation sites is 1. The molecule has 1 amide bonds. The van der Waals surface area contributed by atoms with Gasteiger partial charge in [0.25, 0.3) is 5.91 Å². The molecule has 0 spiro atoms. The number of nitrogens with one attached hydrogen (secondary N) is 1. The van der Waals surface area contributed by atoms with Crippen molar-refractivity contribution in [1.82, 2.24) is 5.32 Å². The normalized spacial score (nSPS) is 13.0. The maximum atomic E-state index is 12.2. The third kappa shape index (κ3) is 3.09. The molecule has 1 aliphatic rings. The van der Waals surface area contributed by atoms with Crippen LogP contribution in [0.2, 0.25) is 0 Å². The predicted octanol–water partition coefficient (Wildman–Crippen LogP) is 4.08. The van der Waals surface area contributed by atoms with Crippen LogP contribution in [0.15, 0.2) is 42.5 Å². The van der Waals surface area contributed by atoms with E-state index in [1.165, 1.54) is 22.5 Å². The third-order valence-electron chi connectivity index (χ3n) is 4.43. The molecule has 3 rings (SSSR count). The van der Waals surface area contributed by atoms with E-state index in [0.29, 0.717) is 0 Å². The first-order valence-corrected chi connectivity index (χ1v) is 8.51. The number of anilines is 2. The average molecular weight is 308 g/mol. The van der Waals surface area contributed by atoms with E-state index < -0.39 is 0 Å². The number of hydrogen-bond acceptors (Lipinski definition) is 2. The van der Waals surface area contributed by atoms with Gasteiger partial charge in [-0.1, -0.05) is 25.1 Å². The molecule has 3 nitrogen and oxygen atoms in total. The molecule has 2 aromatic carbocycles. The van der Waals surface area contributed by atoms with Gasteiger partial charge in [-0.2, -0.15) is 0 Å². The Morgan fingerprint density at radius 2 is 1.78 bits per heavy atom. The number of nitrogens with zero attached hydrogens (tertiary/aromatic N) is 1. The summed E-state index contributed by atoms with van der Waals surface area (Å²) in [4.78, 5) is 14.6. The molecule has 0 saturated carbocycles. The minimum Gasteiger partial charge on any atom is -0.352 e. The van der Waals surface area contributed by atoms with Crippen molar-refractivity contribution in [3.63, 3.8) is 0 Å². The monoisotopic (exact) mass is 308 g/mol. The summed E-state index contributed by atoms with van der Waals surface area (Å²) in [5, 5.41) is 2.96. The number of carbonyl (C=O) groups is 1. The summed E-state index contributed by atoms with van der Waals surface area (Å²) in [6.07, 6.45) is 2.94. The molecule has 23 heavy (non-hydrogen) atoms. The van der Waals surface area contributed by atoms with Gasteiger partial charge in [0.2, 0.25) is 0 Å². The first-order valence-electron chi connectivity index (χ1n) is 8.51. The first-order chi connectivity index (χ1) is 11.2. The van der Waals surface area contributed by atoms with Crippen molar-refractivity contribution in [2.75, 3.05) is 18.0 Å². The van der Waals surface area contributed by atoms with Crippen LogP contribution in [0.3, 0.4) is 0 Å². The highest BCUT2D eigenvalue weighted by Crippen LogP contribution is 2.36. The van der Waals surface area contributed by atoms with Gasteiger partial charge < -0.3 is 10.2 Å². The first kappa shape index (κ1) is 15.6. The molecule has 1 aliphatic heterocycles. The van der Waals surface area contributed by atoms with E-state index in [2.05, 4.69) is 60.5 Å². The van der Waals surface area contributed by atoms with Crippen molar-refractivity contribution < 1.29 is 4.79 Å². The molecule has 0 atom stereocenters. The predicted molar refractivity (Wildman–Crippen MR) is 95.6 cm³/mol. The summed E-state index contributed by atoms with van der Waals surface area (Å²) in [6.45, 7) is 5.88. The Bertz CT molecular complexity index is 709. The van der Waals surface area contributed by atoms with Gasteiger partial charge in [-0.05, 0) is 61.6 Å². The standard InChI is InChI=1S/C20H24N2O/c1-3-13-21-20(23)17-11-12-19-16(14-17)10-9-15-7-5-6-8-18(15)22(19)4-2/h5-8,11-12,14H,3-4,9-10,13H2,1-2H3,(H,21,23). The minimum atomic E-state index is 0.0273. The number of carbonyl (C=O) groups excluding carboxylic acids is 1. The fraction of sp³-hybridized carbons (Fsp3) is 0.350. The summed E-state index contributed by atoms with van der Waals surface area (Å²) in [7, 11) is 0. The zero-order valence-electron chi connectivity index (χ0n) is 13.9. The second kappa shape index (κ2) is 6.86. The highest BCUT2D eigenvalue weighted by molar-refractivity contribution is 5.95. The van der Waals surface area contributed by atoms with Crippen LogP contribution in [0.1, 0.15) is 41.8 Å². The van der Waals surface area contributed by atoms with Crippen molar-refractivity contribution in [1.29, 1.82) is 0 Å². The third-order valence-corrected chi connectivity index (χ3v) is 4.43. The molecule has 2 aromatic rings. The van der Waals surface area contributed by atoms with Gasteiger partial charge >= 0.3 is 0 Å². The van der Waals surface area contributed by atoms with Gasteiger partial charge in [0.05, 0.1) is 0 Å². The molecule has 1 N–H and O–H groups in total. The van der Waals surface area contributed by atoms with E-state index in [0.717, 1.165) is 37.9 Å². The lowest BCUT2D eigenvalue weighted by Crippen LogP contribution is -2.24. The van der Waals surface area contributed by atoms with Crippen molar-refractivity contribution in [3.05, 3.63) is 59.2 Å². The SMILES string of the molecule is CCCNC(=O)c1ccc2c(c1)CCc1ccccc1N2CC.